The molecule has 0 bridgehead atoms. The monoisotopic (exact) mass is 313 g/mol. The fourth-order valence-corrected chi connectivity index (χ4v) is 2.94. The van der Waals surface area contributed by atoms with Crippen molar-refractivity contribution in [3.8, 4) is 0 Å². The second-order valence-electron chi connectivity index (χ2n) is 6.32. The van der Waals surface area contributed by atoms with Crippen LogP contribution in [-0.2, 0) is 9.47 Å². The van der Waals surface area contributed by atoms with E-state index in [4.69, 9.17) is 14.5 Å². The average molecular weight is 313 g/mol. The number of methoxy groups -OCH3 is 1. The van der Waals surface area contributed by atoms with Crippen LogP contribution in [0, 0.1) is 11.8 Å². The van der Waals surface area contributed by atoms with Crippen molar-refractivity contribution < 1.29 is 9.47 Å². The highest BCUT2D eigenvalue weighted by Crippen LogP contribution is 2.17. The summed E-state index contributed by atoms with van der Waals surface area (Å²) in [6.07, 6.45) is 2.47. The number of ether oxygens (including phenoxy) is 2. The van der Waals surface area contributed by atoms with Crippen LogP contribution in [-0.4, -0.2) is 63.5 Å². The molecule has 2 atom stereocenters. The average Bonchev–Trinajstić information content (AvgIpc) is 2.94. The first kappa shape index (κ1) is 19.2. The van der Waals surface area contributed by atoms with Crippen molar-refractivity contribution in [3.05, 3.63) is 0 Å². The second-order valence-corrected chi connectivity index (χ2v) is 6.32. The summed E-state index contributed by atoms with van der Waals surface area (Å²) in [5.74, 6) is 2.21. The quantitative estimate of drug-likeness (QED) is 0.524. The van der Waals surface area contributed by atoms with Crippen LogP contribution in [0.4, 0.5) is 0 Å². The summed E-state index contributed by atoms with van der Waals surface area (Å²) in [6.45, 7) is 14.1. The third kappa shape index (κ3) is 6.53. The molecule has 1 heterocycles. The topological polar surface area (TPSA) is 46.1 Å². The Morgan fingerprint density at radius 3 is 2.73 bits per heavy atom. The van der Waals surface area contributed by atoms with Crippen LogP contribution in [0.25, 0.3) is 0 Å². The summed E-state index contributed by atoms with van der Waals surface area (Å²) < 4.78 is 11.1. The molecule has 1 fully saturated rings. The van der Waals surface area contributed by atoms with Crippen molar-refractivity contribution in [1.29, 1.82) is 0 Å². The molecule has 130 valence electrons. The molecular formula is C17H35N3O2. The van der Waals surface area contributed by atoms with Crippen molar-refractivity contribution in [2.24, 2.45) is 16.8 Å². The van der Waals surface area contributed by atoms with Gasteiger partial charge in [-0.3, -0.25) is 4.99 Å². The van der Waals surface area contributed by atoms with Gasteiger partial charge >= 0.3 is 0 Å². The molecule has 1 aliphatic heterocycles. The van der Waals surface area contributed by atoms with Crippen LogP contribution in [0.1, 0.15) is 40.5 Å². The zero-order valence-corrected chi connectivity index (χ0v) is 15.1. The highest BCUT2D eigenvalue weighted by atomic mass is 16.5. The van der Waals surface area contributed by atoms with Crippen LogP contribution < -0.4 is 5.32 Å². The highest BCUT2D eigenvalue weighted by molar-refractivity contribution is 5.80. The molecule has 0 aromatic heterocycles. The van der Waals surface area contributed by atoms with E-state index in [0.29, 0.717) is 17.9 Å². The first-order chi connectivity index (χ1) is 10.6. The normalized spacial score (nSPS) is 20.7. The largest absolute Gasteiger partial charge is 0.384 e. The van der Waals surface area contributed by atoms with Gasteiger partial charge in [-0.15, -0.1) is 0 Å². The maximum Gasteiger partial charge on any atom is 0.193 e. The third-order valence-corrected chi connectivity index (χ3v) is 4.12. The molecule has 2 unspecified atom stereocenters. The lowest BCUT2D eigenvalue weighted by molar-refractivity contribution is 0.0266. The number of hydrogen-bond acceptors (Lipinski definition) is 3. The predicted octanol–water partition coefficient (Wildman–Crippen LogP) is 2.37. The van der Waals surface area contributed by atoms with E-state index in [0.717, 1.165) is 51.8 Å². The predicted molar refractivity (Wildman–Crippen MR) is 92.4 cm³/mol. The molecule has 0 aliphatic carbocycles. The zero-order chi connectivity index (χ0) is 16.4. The molecule has 1 N–H and O–H groups in total. The lowest BCUT2D eigenvalue weighted by Crippen LogP contribution is -2.40. The maximum atomic E-state index is 5.80. The standard InChI is InChI=1S/C17H35N3O2/c1-6-18-17(20-11-9-15(12-20)13-21-5)19-10-8-16(14(3)4)22-7-2/h14-16H,6-13H2,1-5H3,(H,18,19). The van der Waals surface area contributed by atoms with E-state index in [1.54, 1.807) is 7.11 Å². The molecule has 0 aromatic carbocycles. The summed E-state index contributed by atoms with van der Waals surface area (Å²) >= 11 is 0. The molecule has 1 rings (SSSR count). The number of guanidine groups is 1. The van der Waals surface area contributed by atoms with Crippen molar-refractivity contribution in [2.45, 2.75) is 46.6 Å². The smallest absolute Gasteiger partial charge is 0.193 e. The number of likely N-dealkylation sites (tertiary alicyclic amines) is 1. The number of nitrogens with one attached hydrogen (secondary N) is 1. The Balaban J connectivity index is 2.51. The molecule has 0 radical (unpaired) electrons. The summed E-state index contributed by atoms with van der Waals surface area (Å²) in [5.41, 5.74) is 0. The molecule has 0 aromatic rings. The zero-order valence-electron chi connectivity index (χ0n) is 15.1. The summed E-state index contributed by atoms with van der Waals surface area (Å²) in [6, 6.07) is 0. The summed E-state index contributed by atoms with van der Waals surface area (Å²) in [7, 11) is 1.78. The molecule has 1 saturated heterocycles. The Morgan fingerprint density at radius 1 is 1.36 bits per heavy atom. The van der Waals surface area contributed by atoms with E-state index in [1.165, 1.54) is 6.42 Å². The number of hydrogen-bond donors (Lipinski definition) is 1. The summed E-state index contributed by atoms with van der Waals surface area (Å²) in [5, 5.41) is 3.42. The fraction of sp³-hybridized carbons (Fsp3) is 0.941. The van der Waals surface area contributed by atoms with E-state index in [1.807, 2.05) is 0 Å². The van der Waals surface area contributed by atoms with Crippen molar-refractivity contribution >= 4 is 5.96 Å². The Hall–Kier alpha value is -0.810. The van der Waals surface area contributed by atoms with Crippen LogP contribution in [0.5, 0.6) is 0 Å². The van der Waals surface area contributed by atoms with E-state index < -0.39 is 0 Å². The molecule has 5 heteroatoms. The molecule has 0 spiro atoms. The van der Waals surface area contributed by atoms with E-state index in [-0.39, 0.29) is 0 Å². The van der Waals surface area contributed by atoms with E-state index >= 15 is 0 Å². The SMILES string of the molecule is CCNC(=NCCC(OCC)C(C)C)N1CCC(COC)C1. The van der Waals surface area contributed by atoms with Gasteiger partial charge in [0.05, 0.1) is 12.7 Å². The molecular weight excluding hydrogens is 278 g/mol. The Bertz CT molecular complexity index is 321. The van der Waals surface area contributed by atoms with Gasteiger partial charge in [0.25, 0.3) is 0 Å². The van der Waals surface area contributed by atoms with Gasteiger partial charge in [0.15, 0.2) is 5.96 Å². The van der Waals surface area contributed by atoms with Crippen LogP contribution in [0.2, 0.25) is 0 Å². The van der Waals surface area contributed by atoms with Gasteiger partial charge in [-0.25, -0.2) is 0 Å². The van der Waals surface area contributed by atoms with Crippen LogP contribution >= 0.6 is 0 Å². The Kier molecular flexibility index (Phi) is 9.48. The van der Waals surface area contributed by atoms with Crippen molar-refractivity contribution in [3.63, 3.8) is 0 Å². The first-order valence-electron chi connectivity index (χ1n) is 8.76. The highest BCUT2D eigenvalue weighted by Gasteiger charge is 2.24. The van der Waals surface area contributed by atoms with E-state index in [9.17, 15) is 0 Å². The molecule has 22 heavy (non-hydrogen) atoms. The van der Waals surface area contributed by atoms with Gasteiger partial charge in [0.1, 0.15) is 0 Å². The molecule has 5 nitrogen and oxygen atoms in total. The number of aliphatic imine (C=N–C) groups is 1. The third-order valence-electron chi connectivity index (χ3n) is 4.12. The van der Waals surface area contributed by atoms with Gasteiger partial charge in [-0.1, -0.05) is 13.8 Å². The van der Waals surface area contributed by atoms with Gasteiger partial charge in [-0.05, 0) is 32.6 Å². The number of nitrogens with zero attached hydrogens (tertiary/aromatic N) is 2. The van der Waals surface area contributed by atoms with Crippen molar-refractivity contribution in [2.75, 3.05) is 46.5 Å². The van der Waals surface area contributed by atoms with Gasteiger partial charge in [-0.2, -0.15) is 0 Å². The van der Waals surface area contributed by atoms with E-state index in [2.05, 4.69) is 37.9 Å². The van der Waals surface area contributed by atoms with Crippen molar-refractivity contribution in [1.82, 2.24) is 10.2 Å². The molecule has 0 amide bonds. The van der Waals surface area contributed by atoms with Gasteiger partial charge < -0.3 is 19.7 Å². The molecule has 0 saturated carbocycles. The Labute approximate surface area is 136 Å². The minimum absolute atomic E-state index is 0.302. The Morgan fingerprint density at radius 2 is 2.14 bits per heavy atom. The van der Waals surface area contributed by atoms with Crippen LogP contribution in [0.15, 0.2) is 4.99 Å². The van der Waals surface area contributed by atoms with Gasteiger partial charge in [0.2, 0.25) is 0 Å². The number of rotatable bonds is 9. The minimum atomic E-state index is 0.302. The lowest BCUT2D eigenvalue weighted by Gasteiger charge is -2.23. The lowest BCUT2D eigenvalue weighted by atomic mass is 10.0. The first-order valence-corrected chi connectivity index (χ1v) is 8.76. The van der Waals surface area contributed by atoms with Crippen LogP contribution in [0.3, 0.4) is 0 Å². The molecule has 1 aliphatic rings. The minimum Gasteiger partial charge on any atom is -0.384 e. The maximum absolute atomic E-state index is 5.80. The van der Waals surface area contributed by atoms with Gasteiger partial charge in [0, 0.05) is 45.8 Å². The second kappa shape index (κ2) is 10.8. The fourth-order valence-electron chi connectivity index (χ4n) is 2.94. The summed E-state index contributed by atoms with van der Waals surface area (Å²) in [4.78, 5) is 7.16.